The quantitative estimate of drug-likeness (QED) is 0.723. The van der Waals surface area contributed by atoms with Gasteiger partial charge in [-0.25, -0.2) is 4.98 Å². The molecule has 0 bridgehead atoms. The van der Waals surface area contributed by atoms with Crippen molar-refractivity contribution in [2.24, 2.45) is 5.73 Å². The number of aromatic nitrogens is 1. The number of hydrogen-bond donors (Lipinski definition) is 2. The second-order valence-corrected chi connectivity index (χ2v) is 9.85. The van der Waals surface area contributed by atoms with E-state index in [1.165, 1.54) is 11.3 Å². The van der Waals surface area contributed by atoms with Crippen LogP contribution in [0.1, 0.15) is 51.1 Å². The van der Waals surface area contributed by atoms with Crippen LogP contribution in [0.3, 0.4) is 0 Å². The molecule has 3 N–H and O–H groups in total. The molecule has 2 aliphatic rings. The van der Waals surface area contributed by atoms with Crippen molar-refractivity contribution >= 4 is 28.3 Å². The van der Waals surface area contributed by atoms with Crippen LogP contribution in [0, 0.1) is 0 Å². The van der Waals surface area contributed by atoms with Crippen molar-refractivity contribution in [1.82, 2.24) is 14.8 Å². The third-order valence-corrected chi connectivity index (χ3v) is 6.27. The minimum atomic E-state index is -0.624. The number of hydrogen-bond acceptors (Lipinski definition) is 6. The summed E-state index contributed by atoms with van der Waals surface area (Å²) in [5.41, 5.74) is 6.25. The van der Waals surface area contributed by atoms with Crippen LogP contribution in [-0.2, 0) is 22.6 Å². The number of likely N-dealkylation sites (tertiary alicyclic amines) is 1. The molecule has 0 unspecified atom stereocenters. The standard InChI is InChI=1S/C18H29N5O2S/c1-17(2)8-11(19)9-18(3,4)23(17)15(25)14(24)21-16-20-12-6-7-22(5)10-13(12)26-16/h11H,6-10,19H2,1-5H3,(H,20,21,24). The van der Waals surface area contributed by atoms with E-state index in [0.29, 0.717) is 18.0 Å². The predicted molar refractivity (Wildman–Crippen MR) is 103 cm³/mol. The summed E-state index contributed by atoms with van der Waals surface area (Å²) in [6.07, 6.45) is 2.22. The molecule has 1 aromatic heterocycles. The summed E-state index contributed by atoms with van der Waals surface area (Å²) < 4.78 is 0. The topological polar surface area (TPSA) is 91.6 Å². The number of amides is 2. The van der Waals surface area contributed by atoms with E-state index in [0.717, 1.165) is 30.1 Å². The zero-order valence-corrected chi connectivity index (χ0v) is 17.1. The molecule has 0 atom stereocenters. The third kappa shape index (κ3) is 3.63. The number of likely N-dealkylation sites (N-methyl/N-ethyl adjacent to an activating group) is 1. The maximum atomic E-state index is 13.0. The van der Waals surface area contributed by atoms with Crippen molar-refractivity contribution in [1.29, 1.82) is 0 Å². The van der Waals surface area contributed by atoms with Crippen LogP contribution < -0.4 is 11.1 Å². The van der Waals surface area contributed by atoms with Gasteiger partial charge in [-0.2, -0.15) is 0 Å². The van der Waals surface area contributed by atoms with E-state index in [1.807, 2.05) is 27.7 Å². The zero-order valence-electron chi connectivity index (χ0n) is 16.3. The first-order valence-electron chi connectivity index (χ1n) is 9.08. The number of nitrogens with two attached hydrogens (primary N) is 1. The summed E-state index contributed by atoms with van der Waals surface area (Å²) in [5, 5.41) is 3.23. The minimum Gasteiger partial charge on any atom is -0.328 e. The Bertz CT molecular complexity index is 709. The Balaban J connectivity index is 1.76. The van der Waals surface area contributed by atoms with E-state index < -0.39 is 22.9 Å². The molecule has 8 heteroatoms. The van der Waals surface area contributed by atoms with Crippen molar-refractivity contribution in [2.75, 3.05) is 18.9 Å². The Labute approximate surface area is 158 Å². The SMILES string of the molecule is CN1CCc2nc(NC(=O)C(=O)N3C(C)(C)CC(N)CC3(C)C)sc2C1. The Kier molecular flexibility index (Phi) is 4.87. The average Bonchev–Trinajstić information content (AvgIpc) is 2.85. The lowest BCUT2D eigenvalue weighted by Crippen LogP contribution is -2.66. The highest BCUT2D eigenvalue weighted by atomic mass is 32.1. The van der Waals surface area contributed by atoms with Gasteiger partial charge in [0.2, 0.25) is 0 Å². The molecule has 3 heterocycles. The largest absolute Gasteiger partial charge is 0.328 e. The van der Waals surface area contributed by atoms with Crippen molar-refractivity contribution in [3.63, 3.8) is 0 Å². The van der Waals surface area contributed by atoms with Gasteiger partial charge in [0.25, 0.3) is 0 Å². The van der Waals surface area contributed by atoms with Crippen LogP contribution in [0.15, 0.2) is 0 Å². The first kappa shape index (κ1) is 19.3. The van der Waals surface area contributed by atoms with E-state index in [2.05, 4.69) is 22.2 Å². The van der Waals surface area contributed by atoms with Gasteiger partial charge in [-0.15, -0.1) is 11.3 Å². The van der Waals surface area contributed by atoms with Gasteiger partial charge in [-0.05, 0) is 47.6 Å². The minimum absolute atomic E-state index is 0.0230. The predicted octanol–water partition coefficient (Wildman–Crippen LogP) is 1.58. The Morgan fingerprint density at radius 1 is 1.23 bits per heavy atom. The fourth-order valence-corrected chi connectivity index (χ4v) is 5.62. The molecule has 0 saturated carbocycles. The first-order chi connectivity index (χ1) is 12.0. The molecule has 2 amide bonds. The van der Waals surface area contributed by atoms with E-state index in [9.17, 15) is 9.59 Å². The van der Waals surface area contributed by atoms with Gasteiger partial charge in [-0.1, -0.05) is 0 Å². The van der Waals surface area contributed by atoms with Crippen molar-refractivity contribution in [3.8, 4) is 0 Å². The Morgan fingerprint density at radius 3 is 2.46 bits per heavy atom. The summed E-state index contributed by atoms with van der Waals surface area (Å²) in [5.74, 6) is -1.14. The lowest BCUT2D eigenvalue weighted by Gasteiger charge is -2.54. The summed E-state index contributed by atoms with van der Waals surface area (Å²) in [6, 6.07) is 0.0230. The average molecular weight is 380 g/mol. The van der Waals surface area contributed by atoms with Crippen LogP contribution in [0.5, 0.6) is 0 Å². The second-order valence-electron chi connectivity index (χ2n) is 8.76. The number of thiazole rings is 1. The monoisotopic (exact) mass is 379 g/mol. The second kappa shape index (κ2) is 6.58. The van der Waals surface area contributed by atoms with Crippen LogP contribution in [0.25, 0.3) is 0 Å². The molecule has 2 aliphatic heterocycles. The Morgan fingerprint density at radius 2 is 1.85 bits per heavy atom. The van der Waals surface area contributed by atoms with Gasteiger partial charge in [0.15, 0.2) is 5.13 Å². The molecule has 0 aliphatic carbocycles. The molecule has 7 nitrogen and oxygen atoms in total. The van der Waals surface area contributed by atoms with Crippen LogP contribution in [0.2, 0.25) is 0 Å². The maximum absolute atomic E-state index is 13.0. The highest BCUT2D eigenvalue weighted by molar-refractivity contribution is 7.16. The number of anilines is 1. The van der Waals surface area contributed by atoms with Gasteiger partial charge in [0.05, 0.1) is 5.69 Å². The molecule has 0 spiro atoms. The van der Waals surface area contributed by atoms with E-state index >= 15 is 0 Å². The summed E-state index contributed by atoms with van der Waals surface area (Å²) in [6.45, 7) is 9.67. The van der Waals surface area contributed by atoms with Crippen molar-refractivity contribution in [3.05, 3.63) is 10.6 Å². The third-order valence-electron chi connectivity index (χ3n) is 5.27. The first-order valence-corrected chi connectivity index (χ1v) is 9.89. The maximum Gasteiger partial charge on any atom is 0.315 e. The molecule has 26 heavy (non-hydrogen) atoms. The molecule has 1 fully saturated rings. The number of carbonyl (C=O) groups is 2. The molecule has 1 saturated heterocycles. The molecular weight excluding hydrogens is 350 g/mol. The smallest absolute Gasteiger partial charge is 0.315 e. The number of nitrogens with one attached hydrogen (secondary N) is 1. The molecule has 0 radical (unpaired) electrons. The fraction of sp³-hybridized carbons (Fsp3) is 0.722. The van der Waals surface area contributed by atoms with Crippen LogP contribution >= 0.6 is 11.3 Å². The van der Waals surface area contributed by atoms with Gasteiger partial charge < -0.3 is 15.5 Å². The number of rotatable bonds is 1. The number of carbonyl (C=O) groups excluding carboxylic acids is 2. The Hall–Kier alpha value is -1.51. The van der Waals surface area contributed by atoms with Gasteiger partial charge in [0.1, 0.15) is 0 Å². The highest BCUT2D eigenvalue weighted by Gasteiger charge is 2.48. The van der Waals surface area contributed by atoms with Crippen molar-refractivity contribution < 1.29 is 9.59 Å². The van der Waals surface area contributed by atoms with Crippen molar-refractivity contribution in [2.45, 2.75) is 70.6 Å². The lowest BCUT2D eigenvalue weighted by molar-refractivity contribution is -0.156. The van der Waals surface area contributed by atoms with Crippen LogP contribution in [-0.4, -0.2) is 57.3 Å². The van der Waals surface area contributed by atoms with Crippen LogP contribution in [0.4, 0.5) is 5.13 Å². The molecule has 0 aromatic carbocycles. The number of fused-ring (bicyclic) bond motifs is 1. The normalized spacial score (nSPS) is 22.8. The number of nitrogens with zero attached hydrogens (tertiary/aromatic N) is 3. The highest BCUT2D eigenvalue weighted by Crippen LogP contribution is 2.38. The molecule has 1 aromatic rings. The summed E-state index contributed by atoms with van der Waals surface area (Å²) >= 11 is 1.46. The van der Waals surface area contributed by atoms with Gasteiger partial charge >= 0.3 is 11.8 Å². The summed E-state index contributed by atoms with van der Waals surface area (Å²) in [4.78, 5) is 35.2. The molecule has 3 rings (SSSR count). The van der Waals surface area contributed by atoms with E-state index in [4.69, 9.17) is 5.73 Å². The molecular formula is C18H29N5O2S. The number of piperidine rings is 1. The van der Waals surface area contributed by atoms with Gasteiger partial charge in [-0.3, -0.25) is 14.9 Å². The van der Waals surface area contributed by atoms with Gasteiger partial charge in [0, 0.05) is 41.5 Å². The molecule has 144 valence electrons. The lowest BCUT2D eigenvalue weighted by atomic mass is 9.77. The fourth-order valence-electron chi connectivity index (χ4n) is 4.54. The van der Waals surface area contributed by atoms with E-state index in [-0.39, 0.29) is 6.04 Å². The summed E-state index contributed by atoms with van der Waals surface area (Å²) in [7, 11) is 2.07. The zero-order chi connectivity index (χ0) is 19.3. The van der Waals surface area contributed by atoms with E-state index in [1.54, 1.807) is 4.90 Å².